The molecule has 0 saturated heterocycles. The molecule has 0 spiro atoms. The fourth-order valence-electron chi connectivity index (χ4n) is 4.23. The van der Waals surface area contributed by atoms with E-state index in [1.54, 1.807) is 12.4 Å². The molecule has 154 valence electrons. The van der Waals surface area contributed by atoms with Crippen molar-refractivity contribution in [2.24, 2.45) is 5.92 Å². The predicted octanol–water partition coefficient (Wildman–Crippen LogP) is 7.08. The van der Waals surface area contributed by atoms with E-state index in [0.717, 1.165) is 35.6 Å². The van der Waals surface area contributed by atoms with E-state index in [1.165, 1.54) is 31.2 Å². The highest BCUT2D eigenvalue weighted by Crippen LogP contribution is 2.37. The van der Waals surface area contributed by atoms with Crippen LogP contribution >= 0.6 is 0 Å². The van der Waals surface area contributed by atoms with Gasteiger partial charge >= 0.3 is 0 Å². The lowest BCUT2D eigenvalue weighted by Gasteiger charge is -2.28. The van der Waals surface area contributed by atoms with Crippen LogP contribution in [-0.2, 0) is 0 Å². The van der Waals surface area contributed by atoms with Crippen LogP contribution in [0, 0.1) is 23.4 Å². The van der Waals surface area contributed by atoms with Gasteiger partial charge in [-0.2, -0.15) is 0 Å². The van der Waals surface area contributed by atoms with Gasteiger partial charge in [-0.1, -0.05) is 30.3 Å². The first-order chi connectivity index (χ1) is 14.5. The summed E-state index contributed by atoms with van der Waals surface area (Å²) in [5.41, 5.74) is 3.23. The Bertz CT molecular complexity index is 998. The van der Waals surface area contributed by atoms with Crippen LogP contribution in [0.4, 0.5) is 13.2 Å². The highest BCUT2D eigenvalue weighted by Gasteiger charge is 2.21. The Labute approximate surface area is 174 Å². The van der Waals surface area contributed by atoms with Crippen molar-refractivity contribution in [3.63, 3.8) is 0 Å². The normalized spacial score (nSPS) is 18.9. The SMILES string of the molecule is C=CC[C@H]1CC[C@H](c2ccc(-c3cnc(-c4cc(F)c(F)c(F)c4)nc3)cc2)CC1. The molecule has 1 fully saturated rings. The van der Waals surface area contributed by atoms with Crippen LogP contribution in [0.1, 0.15) is 43.6 Å². The number of nitrogens with zero attached hydrogens (tertiary/aromatic N) is 2. The number of aromatic nitrogens is 2. The molecule has 2 nitrogen and oxygen atoms in total. The lowest BCUT2D eigenvalue weighted by atomic mass is 9.77. The summed E-state index contributed by atoms with van der Waals surface area (Å²) < 4.78 is 40.0. The van der Waals surface area contributed by atoms with Gasteiger partial charge in [0.25, 0.3) is 0 Å². The Morgan fingerprint density at radius 3 is 2.00 bits per heavy atom. The Hall–Kier alpha value is -2.95. The monoisotopic (exact) mass is 408 g/mol. The summed E-state index contributed by atoms with van der Waals surface area (Å²) in [4.78, 5) is 8.40. The number of hydrogen-bond acceptors (Lipinski definition) is 2. The molecule has 4 rings (SSSR count). The molecule has 0 radical (unpaired) electrons. The van der Waals surface area contributed by atoms with Crippen LogP contribution in [0.25, 0.3) is 22.5 Å². The number of allylic oxidation sites excluding steroid dienone is 1. The van der Waals surface area contributed by atoms with E-state index in [0.29, 0.717) is 5.92 Å². The van der Waals surface area contributed by atoms with Gasteiger partial charge in [0.15, 0.2) is 23.3 Å². The van der Waals surface area contributed by atoms with Gasteiger partial charge in [0.05, 0.1) is 0 Å². The summed E-state index contributed by atoms with van der Waals surface area (Å²) in [6.45, 7) is 3.85. The Morgan fingerprint density at radius 2 is 1.43 bits per heavy atom. The number of benzene rings is 2. The Morgan fingerprint density at radius 1 is 0.833 bits per heavy atom. The molecule has 1 aliphatic carbocycles. The molecule has 1 aromatic heterocycles. The van der Waals surface area contributed by atoms with E-state index in [-0.39, 0.29) is 11.4 Å². The van der Waals surface area contributed by atoms with Crippen molar-refractivity contribution < 1.29 is 13.2 Å². The molecule has 0 unspecified atom stereocenters. The maximum Gasteiger partial charge on any atom is 0.194 e. The first kappa shape index (κ1) is 20.3. The van der Waals surface area contributed by atoms with Gasteiger partial charge in [0.1, 0.15) is 0 Å². The van der Waals surface area contributed by atoms with Gasteiger partial charge in [-0.25, -0.2) is 23.1 Å². The van der Waals surface area contributed by atoms with Crippen LogP contribution in [0.3, 0.4) is 0 Å². The molecule has 0 amide bonds. The smallest absolute Gasteiger partial charge is 0.194 e. The highest BCUT2D eigenvalue weighted by molar-refractivity contribution is 5.64. The van der Waals surface area contributed by atoms with Crippen molar-refractivity contribution in [1.82, 2.24) is 9.97 Å². The van der Waals surface area contributed by atoms with E-state index in [9.17, 15) is 13.2 Å². The zero-order valence-electron chi connectivity index (χ0n) is 16.6. The topological polar surface area (TPSA) is 25.8 Å². The second-order valence-corrected chi connectivity index (χ2v) is 7.91. The minimum Gasteiger partial charge on any atom is -0.236 e. The molecular weight excluding hydrogens is 385 g/mol. The van der Waals surface area contributed by atoms with Crippen molar-refractivity contribution in [3.8, 4) is 22.5 Å². The summed E-state index contributed by atoms with van der Waals surface area (Å²) in [5, 5.41) is 0. The molecule has 3 aromatic rings. The minimum absolute atomic E-state index is 0.0976. The zero-order valence-corrected chi connectivity index (χ0v) is 16.6. The first-order valence-corrected chi connectivity index (χ1v) is 10.2. The molecular formula is C25H23F3N2. The summed E-state index contributed by atoms with van der Waals surface area (Å²) >= 11 is 0. The number of rotatable bonds is 5. The Balaban J connectivity index is 1.47. The third-order valence-corrected chi connectivity index (χ3v) is 5.96. The van der Waals surface area contributed by atoms with Gasteiger partial charge in [-0.15, -0.1) is 6.58 Å². The molecule has 0 aliphatic heterocycles. The zero-order chi connectivity index (χ0) is 21.1. The average Bonchev–Trinajstić information content (AvgIpc) is 2.78. The minimum atomic E-state index is -1.50. The van der Waals surface area contributed by atoms with Crippen LogP contribution in [0.15, 0.2) is 61.4 Å². The van der Waals surface area contributed by atoms with Crippen molar-refractivity contribution in [3.05, 3.63) is 84.5 Å². The maximum atomic E-state index is 13.4. The second-order valence-electron chi connectivity index (χ2n) is 7.91. The predicted molar refractivity (Wildman–Crippen MR) is 112 cm³/mol. The summed E-state index contributed by atoms with van der Waals surface area (Å²) in [6, 6.07) is 10.2. The number of halogens is 3. The van der Waals surface area contributed by atoms with E-state index >= 15 is 0 Å². The highest BCUT2D eigenvalue weighted by atomic mass is 19.2. The fraction of sp³-hybridized carbons (Fsp3) is 0.280. The van der Waals surface area contributed by atoms with E-state index in [1.807, 2.05) is 6.08 Å². The molecule has 0 bridgehead atoms. The largest absolute Gasteiger partial charge is 0.236 e. The molecule has 0 N–H and O–H groups in total. The molecule has 2 aromatic carbocycles. The van der Waals surface area contributed by atoms with Gasteiger partial charge in [0, 0.05) is 23.5 Å². The van der Waals surface area contributed by atoms with Crippen molar-refractivity contribution >= 4 is 0 Å². The van der Waals surface area contributed by atoms with E-state index in [4.69, 9.17) is 0 Å². The van der Waals surface area contributed by atoms with Crippen molar-refractivity contribution in [2.75, 3.05) is 0 Å². The fourth-order valence-corrected chi connectivity index (χ4v) is 4.23. The van der Waals surface area contributed by atoms with Crippen LogP contribution in [-0.4, -0.2) is 9.97 Å². The lowest BCUT2D eigenvalue weighted by Crippen LogP contribution is -2.12. The third kappa shape index (κ3) is 4.30. The molecule has 1 heterocycles. The average molecular weight is 408 g/mol. The molecule has 1 aliphatic rings. The first-order valence-electron chi connectivity index (χ1n) is 10.2. The van der Waals surface area contributed by atoms with E-state index in [2.05, 4.69) is 40.8 Å². The van der Waals surface area contributed by atoms with Gasteiger partial charge in [0.2, 0.25) is 0 Å². The van der Waals surface area contributed by atoms with Crippen molar-refractivity contribution in [2.45, 2.75) is 38.0 Å². The molecule has 5 heteroatoms. The summed E-state index contributed by atoms with van der Waals surface area (Å²) in [7, 11) is 0. The van der Waals surface area contributed by atoms with Crippen molar-refractivity contribution in [1.29, 1.82) is 0 Å². The maximum absolute atomic E-state index is 13.4. The lowest BCUT2D eigenvalue weighted by molar-refractivity contribution is 0.328. The van der Waals surface area contributed by atoms with Crippen LogP contribution in [0.5, 0.6) is 0 Å². The van der Waals surface area contributed by atoms with Crippen LogP contribution in [0.2, 0.25) is 0 Å². The molecule has 30 heavy (non-hydrogen) atoms. The van der Waals surface area contributed by atoms with Crippen LogP contribution < -0.4 is 0 Å². The van der Waals surface area contributed by atoms with E-state index < -0.39 is 17.5 Å². The quantitative estimate of drug-likeness (QED) is 0.333. The number of hydrogen-bond donors (Lipinski definition) is 0. The summed E-state index contributed by atoms with van der Waals surface area (Å²) in [6.07, 6.45) is 11.3. The Kier molecular flexibility index (Phi) is 5.98. The van der Waals surface area contributed by atoms with Gasteiger partial charge in [-0.05, 0) is 67.2 Å². The van der Waals surface area contributed by atoms with Gasteiger partial charge < -0.3 is 0 Å². The third-order valence-electron chi connectivity index (χ3n) is 5.96. The summed E-state index contributed by atoms with van der Waals surface area (Å²) in [5.74, 6) is -2.49. The molecule has 1 saturated carbocycles. The standard InChI is InChI=1S/C25H23F3N2/c1-2-3-16-4-6-17(7-5-16)18-8-10-19(11-9-18)21-14-29-25(30-15-21)20-12-22(26)24(28)23(27)13-20/h2,8-17H,1,3-7H2/t16-,17-. The molecule has 0 atom stereocenters. The van der Waals surface area contributed by atoms with Gasteiger partial charge in [-0.3, -0.25) is 0 Å². The second kappa shape index (κ2) is 8.82.